The molecule has 0 aromatic carbocycles. The average molecular weight is 303 g/mol. The lowest BCUT2D eigenvalue weighted by Crippen LogP contribution is -2.35. The Morgan fingerprint density at radius 2 is 2.05 bits per heavy atom. The van der Waals surface area contributed by atoms with E-state index in [9.17, 15) is 18.0 Å². The van der Waals surface area contributed by atoms with E-state index >= 15 is 0 Å². The van der Waals surface area contributed by atoms with E-state index in [-0.39, 0.29) is 24.1 Å². The molecule has 0 radical (unpaired) electrons. The maximum atomic E-state index is 13.0. The Morgan fingerprint density at radius 3 is 2.67 bits per heavy atom. The number of nitrogens with one attached hydrogen (secondary N) is 1. The van der Waals surface area contributed by atoms with Crippen LogP contribution in [0.4, 0.5) is 13.2 Å². The first-order chi connectivity index (χ1) is 9.82. The van der Waals surface area contributed by atoms with Gasteiger partial charge in [0.25, 0.3) is 0 Å². The number of hydrogen-bond acceptors (Lipinski definition) is 2. The fourth-order valence-electron chi connectivity index (χ4n) is 2.59. The van der Waals surface area contributed by atoms with Gasteiger partial charge in [-0.05, 0) is 39.0 Å². The van der Waals surface area contributed by atoms with Crippen LogP contribution < -0.4 is 5.32 Å². The number of carbonyl (C=O) groups is 1. The van der Waals surface area contributed by atoms with Crippen molar-refractivity contribution >= 4 is 5.91 Å². The highest BCUT2D eigenvalue weighted by Crippen LogP contribution is 2.35. The van der Waals surface area contributed by atoms with Gasteiger partial charge in [0.05, 0.1) is 0 Å². The fraction of sp³-hybridized carbons (Fsp3) is 0.714. The molecule has 1 aromatic rings. The molecule has 7 heteroatoms. The third-order valence-corrected chi connectivity index (χ3v) is 3.84. The summed E-state index contributed by atoms with van der Waals surface area (Å²) in [5.74, 6) is -0.297. The zero-order valence-corrected chi connectivity index (χ0v) is 12.3. The largest absolute Gasteiger partial charge is 0.435 e. The van der Waals surface area contributed by atoms with Gasteiger partial charge in [-0.2, -0.15) is 18.3 Å². The molecular formula is C14H20F3N3O. The number of carbonyl (C=O) groups excluding carboxylic acids is 1. The van der Waals surface area contributed by atoms with E-state index in [0.717, 1.165) is 19.3 Å². The maximum absolute atomic E-state index is 13.0. The Balaban J connectivity index is 2.24. The summed E-state index contributed by atoms with van der Waals surface area (Å²) < 4.78 is 40.3. The van der Waals surface area contributed by atoms with Crippen molar-refractivity contribution in [1.29, 1.82) is 0 Å². The third kappa shape index (κ3) is 3.57. The first-order valence-electron chi connectivity index (χ1n) is 7.28. The van der Waals surface area contributed by atoms with Crippen LogP contribution in [-0.2, 0) is 30.4 Å². The van der Waals surface area contributed by atoms with Crippen molar-refractivity contribution in [1.82, 2.24) is 15.1 Å². The second kappa shape index (κ2) is 6.07. The van der Waals surface area contributed by atoms with E-state index in [1.807, 2.05) is 13.8 Å². The Labute approximate surface area is 121 Å². The smallest absolute Gasteiger partial charge is 0.352 e. The van der Waals surface area contributed by atoms with Crippen molar-refractivity contribution in [2.24, 2.45) is 0 Å². The number of halogens is 3. The van der Waals surface area contributed by atoms with Gasteiger partial charge in [-0.1, -0.05) is 6.92 Å². The lowest BCUT2D eigenvalue weighted by atomic mass is 9.95. The van der Waals surface area contributed by atoms with Crippen LogP contribution in [0.25, 0.3) is 0 Å². The molecule has 0 saturated carbocycles. The molecule has 21 heavy (non-hydrogen) atoms. The molecule has 0 bridgehead atoms. The molecule has 1 amide bonds. The predicted molar refractivity (Wildman–Crippen MR) is 71.8 cm³/mol. The van der Waals surface area contributed by atoms with Gasteiger partial charge in [0.2, 0.25) is 5.91 Å². The van der Waals surface area contributed by atoms with E-state index in [4.69, 9.17) is 0 Å². The Bertz CT molecular complexity index is 522. The van der Waals surface area contributed by atoms with Gasteiger partial charge in [-0.15, -0.1) is 0 Å². The Kier molecular flexibility index (Phi) is 4.58. The quantitative estimate of drug-likeness (QED) is 0.929. The lowest BCUT2D eigenvalue weighted by molar-refractivity contribution is -0.142. The van der Waals surface area contributed by atoms with Crippen LogP contribution in [-0.4, -0.2) is 21.7 Å². The van der Waals surface area contributed by atoms with Crippen molar-refractivity contribution in [2.75, 3.05) is 0 Å². The van der Waals surface area contributed by atoms with Gasteiger partial charge in [-0.25, -0.2) is 0 Å². The highest BCUT2D eigenvalue weighted by atomic mass is 19.4. The average Bonchev–Trinajstić information content (AvgIpc) is 2.77. The van der Waals surface area contributed by atoms with Gasteiger partial charge < -0.3 is 5.32 Å². The first kappa shape index (κ1) is 15.9. The highest BCUT2D eigenvalue weighted by Gasteiger charge is 2.39. The number of hydrogen-bond donors (Lipinski definition) is 1. The van der Waals surface area contributed by atoms with E-state index < -0.39 is 11.9 Å². The Hall–Kier alpha value is -1.53. The van der Waals surface area contributed by atoms with Crippen molar-refractivity contribution in [2.45, 2.75) is 64.7 Å². The van der Waals surface area contributed by atoms with Crippen LogP contribution in [0, 0.1) is 0 Å². The summed E-state index contributed by atoms with van der Waals surface area (Å²) in [6.07, 6.45) is -1.17. The summed E-state index contributed by atoms with van der Waals surface area (Å²) in [7, 11) is 0. The van der Waals surface area contributed by atoms with E-state index in [1.165, 1.54) is 4.68 Å². The number of rotatable bonds is 4. The van der Waals surface area contributed by atoms with Crippen molar-refractivity contribution in [3.05, 3.63) is 17.0 Å². The standard InChI is InChI=1S/C14H20F3N3O/c1-3-9(2)18-12(21)8-20-11-7-5-4-6-10(11)13(19-20)14(15,16)17/h9H,3-8H2,1-2H3,(H,18,21)/t9-/m1/s1. The summed E-state index contributed by atoms with van der Waals surface area (Å²) in [6.45, 7) is 3.64. The van der Waals surface area contributed by atoms with Gasteiger partial charge >= 0.3 is 6.18 Å². The minimum atomic E-state index is -4.46. The van der Waals surface area contributed by atoms with Crippen LogP contribution in [0.5, 0.6) is 0 Å². The number of amides is 1. The zero-order chi connectivity index (χ0) is 15.6. The second-order valence-electron chi connectivity index (χ2n) is 5.51. The normalized spacial score (nSPS) is 16.4. The lowest BCUT2D eigenvalue weighted by Gasteiger charge is -2.15. The van der Waals surface area contributed by atoms with E-state index in [0.29, 0.717) is 18.5 Å². The summed E-state index contributed by atoms with van der Waals surface area (Å²) in [5, 5.41) is 6.42. The number of aromatic nitrogens is 2. The second-order valence-corrected chi connectivity index (χ2v) is 5.51. The van der Waals surface area contributed by atoms with Crippen LogP contribution in [0.2, 0.25) is 0 Å². The van der Waals surface area contributed by atoms with E-state index in [2.05, 4.69) is 10.4 Å². The third-order valence-electron chi connectivity index (χ3n) is 3.84. The minimum Gasteiger partial charge on any atom is -0.352 e. The molecule has 1 atom stereocenters. The molecule has 0 saturated heterocycles. The molecule has 0 aliphatic heterocycles. The van der Waals surface area contributed by atoms with Crippen molar-refractivity contribution in [3.8, 4) is 0 Å². The molecule has 1 heterocycles. The maximum Gasteiger partial charge on any atom is 0.435 e. The monoisotopic (exact) mass is 303 g/mol. The predicted octanol–water partition coefficient (Wildman–Crippen LogP) is 2.70. The summed E-state index contributed by atoms with van der Waals surface area (Å²) in [6, 6.07) is 0.00553. The molecule has 4 nitrogen and oxygen atoms in total. The zero-order valence-electron chi connectivity index (χ0n) is 12.3. The molecule has 1 N–H and O–H groups in total. The first-order valence-corrected chi connectivity index (χ1v) is 7.28. The van der Waals surface area contributed by atoms with Gasteiger partial charge in [0.1, 0.15) is 6.54 Å². The molecule has 1 aliphatic carbocycles. The van der Waals surface area contributed by atoms with Crippen molar-refractivity contribution in [3.63, 3.8) is 0 Å². The molecule has 1 aliphatic rings. The van der Waals surface area contributed by atoms with Gasteiger partial charge in [0.15, 0.2) is 5.69 Å². The number of nitrogens with zero attached hydrogens (tertiary/aromatic N) is 2. The highest BCUT2D eigenvalue weighted by molar-refractivity contribution is 5.76. The van der Waals surface area contributed by atoms with Crippen LogP contribution >= 0.6 is 0 Å². The topological polar surface area (TPSA) is 46.9 Å². The molecule has 0 spiro atoms. The molecule has 1 aromatic heterocycles. The van der Waals surface area contributed by atoms with E-state index in [1.54, 1.807) is 0 Å². The van der Waals surface area contributed by atoms with Crippen LogP contribution in [0.3, 0.4) is 0 Å². The summed E-state index contributed by atoms with van der Waals surface area (Å²) in [5.41, 5.74) is 0.00602. The number of alkyl halides is 3. The Morgan fingerprint density at radius 1 is 1.38 bits per heavy atom. The van der Waals surface area contributed by atoms with Gasteiger partial charge in [-0.3, -0.25) is 9.48 Å². The van der Waals surface area contributed by atoms with Crippen LogP contribution in [0.15, 0.2) is 0 Å². The molecule has 0 fully saturated rings. The molecular weight excluding hydrogens is 283 g/mol. The molecule has 2 rings (SSSR count). The SMILES string of the molecule is CC[C@@H](C)NC(=O)Cn1nc(C(F)(F)F)c2c1CCCC2. The molecule has 0 unspecified atom stereocenters. The van der Waals surface area contributed by atoms with Crippen LogP contribution in [0.1, 0.15) is 50.1 Å². The summed E-state index contributed by atoms with van der Waals surface area (Å²) in [4.78, 5) is 11.9. The number of fused-ring (bicyclic) bond motifs is 1. The van der Waals surface area contributed by atoms with Gasteiger partial charge in [0, 0.05) is 17.3 Å². The van der Waals surface area contributed by atoms with Crippen molar-refractivity contribution < 1.29 is 18.0 Å². The minimum absolute atomic E-state index is 0.00553. The fourth-order valence-corrected chi connectivity index (χ4v) is 2.59. The molecule has 118 valence electrons. The summed E-state index contributed by atoms with van der Waals surface area (Å²) >= 11 is 0.